The van der Waals surface area contributed by atoms with Crippen molar-refractivity contribution in [3.05, 3.63) is 59.4 Å². The van der Waals surface area contributed by atoms with Crippen molar-refractivity contribution in [2.45, 2.75) is 38.3 Å². The van der Waals surface area contributed by atoms with Crippen molar-refractivity contribution in [2.24, 2.45) is 0 Å². The van der Waals surface area contributed by atoms with Gasteiger partial charge in [-0.15, -0.1) is 0 Å². The summed E-state index contributed by atoms with van der Waals surface area (Å²) in [6, 6.07) is 10.3. The highest BCUT2D eigenvalue weighted by molar-refractivity contribution is 5.77. The Balaban J connectivity index is 1.34. The van der Waals surface area contributed by atoms with E-state index in [0.29, 0.717) is 5.92 Å². The van der Waals surface area contributed by atoms with Crippen molar-refractivity contribution in [3.8, 4) is 0 Å². The first-order valence-electron chi connectivity index (χ1n) is 8.40. The maximum Gasteiger partial charge on any atom is 0.134 e. The van der Waals surface area contributed by atoms with Gasteiger partial charge in [-0.2, -0.15) is 0 Å². The van der Waals surface area contributed by atoms with Crippen molar-refractivity contribution < 1.29 is 4.42 Å². The minimum absolute atomic E-state index is 0.633. The highest BCUT2D eigenvalue weighted by atomic mass is 16.3. The van der Waals surface area contributed by atoms with Gasteiger partial charge < -0.3 is 4.42 Å². The second-order valence-electron chi connectivity index (χ2n) is 6.69. The number of aromatic nitrogens is 2. The lowest BCUT2D eigenvalue weighted by Gasteiger charge is -2.27. The first-order chi connectivity index (χ1) is 11.3. The fourth-order valence-electron chi connectivity index (χ4n) is 3.40. The fraction of sp³-hybridized carbons (Fsp3) is 0.368. The molecule has 0 spiro atoms. The van der Waals surface area contributed by atoms with E-state index in [2.05, 4.69) is 22.0 Å². The van der Waals surface area contributed by atoms with Gasteiger partial charge >= 0.3 is 0 Å². The second kappa shape index (κ2) is 5.17. The van der Waals surface area contributed by atoms with Crippen LogP contribution in [0.15, 0.2) is 40.9 Å². The van der Waals surface area contributed by atoms with E-state index >= 15 is 0 Å². The highest BCUT2D eigenvalue weighted by Gasteiger charge is 2.28. The van der Waals surface area contributed by atoms with Crippen LogP contribution < -0.4 is 0 Å². The van der Waals surface area contributed by atoms with Crippen LogP contribution in [0, 0.1) is 0 Å². The van der Waals surface area contributed by atoms with Crippen LogP contribution in [0.1, 0.15) is 41.6 Å². The molecule has 0 atom stereocenters. The first kappa shape index (κ1) is 13.3. The van der Waals surface area contributed by atoms with Gasteiger partial charge in [0.25, 0.3) is 0 Å². The van der Waals surface area contributed by atoms with E-state index in [0.717, 1.165) is 43.2 Å². The Kier molecular flexibility index (Phi) is 2.98. The Morgan fingerprint density at radius 2 is 2.13 bits per heavy atom. The van der Waals surface area contributed by atoms with Crippen molar-refractivity contribution >= 4 is 11.0 Å². The Bertz CT molecular complexity index is 833. The van der Waals surface area contributed by atoms with Crippen molar-refractivity contribution in [3.63, 3.8) is 0 Å². The lowest BCUT2D eigenvalue weighted by Crippen LogP contribution is -2.31. The summed E-state index contributed by atoms with van der Waals surface area (Å²) in [4.78, 5) is 11.8. The van der Waals surface area contributed by atoms with E-state index in [-0.39, 0.29) is 0 Å². The lowest BCUT2D eigenvalue weighted by molar-refractivity contribution is 0.225. The molecule has 3 heterocycles. The Labute approximate surface area is 135 Å². The zero-order valence-corrected chi connectivity index (χ0v) is 13.0. The van der Waals surface area contributed by atoms with Crippen LogP contribution in [0.2, 0.25) is 0 Å². The van der Waals surface area contributed by atoms with Gasteiger partial charge in [-0.25, -0.2) is 9.97 Å². The van der Waals surface area contributed by atoms with E-state index in [4.69, 9.17) is 9.40 Å². The van der Waals surface area contributed by atoms with Gasteiger partial charge in [-0.05, 0) is 25.0 Å². The molecule has 23 heavy (non-hydrogen) atoms. The van der Waals surface area contributed by atoms with Crippen LogP contribution in [0.4, 0.5) is 0 Å². The molecule has 0 N–H and O–H groups in total. The minimum atomic E-state index is 0.633. The van der Waals surface area contributed by atoms with Crippen LogP contribution in [0.5, 0.6) is 0 Å². The Hall–Kier alpha value is -2.20. The molecule has 1 aliphatic carbocycles. The SMILES string of the molecule is c1ccc2oc(CN3CCc4nc(C5CC5)ncc4C3)cc2c1. The van der Waals surface area contributed by atoms with E-state index in [1.54, 1.807) is 0 Å². The standard InChI is InChI=1S/C19H19N3O/c1-2-4-18-14(3-1)9-16(23-18)12-22-8-7-17-15(11-22)10-20-19(21-17)13-5-6-13/h1-4,9-10,13H,5-8,11-12H2. The molecule has 4 nitrogen and oxygen atoms in total. The number of nitrogens with zero attached hydrogens (tertiary/aromatic N) is 3. The number of furan rings is 1. The molecule has 1 fully saturated rings. The molecule has 5 rings (SSSR count). The molecule has 4 heteroatoms. The summed E-state index contributed by atoms with van der Waals surface area (Å²) in [5.74, 6) is 2.73. The lowest BCUT2D eigenvalue weighted by atomic mass is 10.1. The zero-order chi connectivity index (χ0) is 15.2. The molecule has 1 aromatic carbocycles. The predicted molar refractivity (Wildman–Crippen MR) is 88.0 cm³/mol. The highest BCUT2D eigenvalue weighted by Crippen LogP contribution is 2.38. The van der Waals surface area contributed by atoms with E-state index in [9.17, 15) is 0 Å². The van der Waals surface area contributed by atoms with Gasteiger partial charge in [0, 0.05) is 48.3 Å². The number of fused-ring (bicyclic) bond motifs is 2. The Morgan fingerprint density at radius 3 is 3.00 bits per heavy atom. The average Bonchev–Trinajstić information content (AvgIpc) is 3.34. The number of hydrogen-bond donors (Lipinski definition) is 0. The topological polar surface area (TPSA) is 42.2 Å². The number of benzene rings is 1. The smallest absolute Gasteiger partial charge is 0.134 e. The number of para-hydroxylation sites is 1. The van der Waals surface area contributed by atoms with Gasteiger partial charge in [-0.1, -0.05) is 18.2 Å². The molecular weight excluding hydrogens is 286 g/mol. The first-order valence-corrected chi connectivity index (χ1v) is 8.40. The monoisotopic (exact) mass is 305 g/mol. The van der Waals surface area contributed by atoms with Crippen molar-refractivity contribution in [1.82, 2.24) is 14.9 Å². The predicted octanol–water partition coefficient (Wildman–Crippen LogP) is 3.66. The maximum absolute atomic E-state index is 5.94. The molecule has 0 amide bonds. The van der Waals surface area contributed by atoms with Gasteiger partial charge in [0.15, 0.2) is 0 Å². The van der Waals surface area contributed by atoms with Crippen LogP contribution in [0.3, 0.4) is 0 Å². The third-order valence-corrected chi connectivity index (χ3v) is 4.83. The zero-order valence-electron chi connectivity index (χ0n) is 13.0. The molecule has 0 unspecified atom stereocenters. The fourth-order valence-corrected chi connectivity index (χ4v) is 3.40. The molecule has 3 aromatic rings. The summed E-state index contributed by atoms with van der Waals surface area (Å²) in [5.41, 5.74) is 3.50. The van der Waals surface area contributed by atoms with Gasteiger partial charge in [-0.3, -0.25) is 4.90 Å². The molecular formula is C19H19N3O. The molecule has 0 bridgehead atoms. The summed E-state index contributed by atoms with van der Waals surface area (Å²) in [6.07, 6.45) is 5.58. The molecule has 2 aromatic heterocycles. The van der Waals surface area contributed by atoms with E-state index < -0.39 is 0 Å². The van der Waals surface area contributed by atoms with Gasteiger partial charge in [0.2, 0.25) is 0 Å². The number of rotatable bonds is 3. The molecule has 1 aliphatic heterocycles. The summed E-state index contributed by atoms with van der Waals surface area (Å²) in [7, 11) is 0. The van der Waals surface area contributed by atoms with Crippen LogP contribution >= 0.6 is 0 Å². The largest absolute Gasteiger partial charge is 0.460 e. The normalized spacial score (nSPS) is 18.3. The van der Waals surface area contributed by atoms with Gasteiger partial charge in [0.1, 0.15) is 17.2 Å². The third-order valence-electron chi connectivity index (χ3n) is 4.83. The second-order valence-corrected chi connectivity index (χ2v) is 6.69. The van der Waals surface area contributed by atoms with Gasteiger partial charge in [0.05, 0.1) is 6.54 Å². The number of hydrogen-bond acceptors (Lipinski definition) is 4. The quantitative estimate of drug-likeness (QED) is 0.740. The van der Waals surface area contributed by atoms with E-state index in [1.165, 1.54) is 29.5 Å². The van der Waals surface area contributed by atoms with Crippen LogP contribution in [-0.2, 0) is 19.5 Å². The summed E-state index contributed by atoms with van der Waals surface area (Å²) in [6.45, 7) is 2.79. The maximum atomic E-state index is 5.94. The van der Waals surface area contributed by atoms with Crippen molar-refractivity contribution in [2.75, 3.05) is 6.54 Å². The van der Waals surface area contributed by atoms with Crippen molar-refractivity contribution in [1.29, 1.82) is 0 Å². The molecule has 2 aliphatic rings. The summed E-state index contributed by atoms with van der Waals surface area (Å²) in [5, 5.41) is 1.18. The van der Waals surface area contributed by atoms with Crippen LogP contribution in [0.25, 0.3) is 11.0 Å². The molecule has 0 radical (unpaired) electrons. The minimum Gasteiger partial charge on any atom is -0.460 e. The molecule has 0 saturated heterocycles. The summed E-state index contributed by atoms with van der Waals surface area (Å²) >= 11 is 0. The average molecular weight is 305 g/mol. The molecule has 1 saturated carbocycles. The Morgan fingerprint density at radius 1 is 1.22 bits per heavy atom. The summed E-state index contributed by atoms with van der Waals surface area (Å²) < 4.78 is 5.94. The molecule has 116 valence electrons. The van der Waals surface area contributed by atoms with Crippen LogP contribution in [-0.4, -0.2) is 21.4 Å². The van der Waals surface area contributed by atoms with E-state index in [1.807, 2.05) is 24.4 Å². The third kappa shape index (κ3) is 2.53.